The van der Waals surface area contributed by atoms with Crippen LogP contribution in [0, 0.1) is 11.3 Å². The van der Waals surface area contributed by atoms with Crippen LogP contribution in [0.5, 0.6) is 0 Å². The van der Waals surface area contributed by atoms with Crippen LogP contribution in [0.3, 0.4) is 0 Å². The van der Waals surface area contributed by atoms with Gasteiger partial charge in [-0.1, -0.05) is 110 Å². The quantitative estimate of drug-likeness (QED) is 0.213. The Morgan fingerprint density at radius 3 is 2.26 bits per heavy atom. The fourth-order valence-electron chi connectivity index (χ4n) is 7.03. The maximum absolute atomic E-state index is 13.4. The summed E-state index contributed by atoms with van der Waals surface area (Å²) >= 11 is 0. The molecule has 0 saturated heterocycles. The molecule has 0 spiro atoms. The lowest BCUT2D eigenvalue weighted by Crippen LogP contribution is -2.52. The highest BCUT2D eigenvalue weighted by atomic mass is 16.5. The number of rotatable bonds is 13. The number of unbranched alkanes of at least 4 members (excludes halogenated alkanes) is 9. The largest absolute Gasteiger partial charge is 0.465 e. The second-order valence-corrected chi connectivity index (χ2v) is 12.2. The van der Waals surface area contributed by atoms with Crippen LogP contribution in [0.25, 0.3) is 0 Å². The van der Waals surface area contributed by atoms with Gasteiger partial charge in [-0.25, -0.2) is 0 Å². The van der Waals surface area contributed by atoms with Gasteiger partial charge in [-0.2, -0.15) is 0 Å². The first-order valence-electron chi connectivity index (χ1n) is 14.6. The predicted molar refractivity (Wildman–Crippen MR) is 144 cm³/mol. The molecule has 2 heteroatoms. The molecule has 1 aromatic rings. The van der Waals surface area contributed by atoms with Crippen molar-refractivity contribution >= 4 is 5.97 Å². The number of esters is 1. The molecule has 2 nitrogen and oxygen atoms in total. The number of aryl methyl sites for hydroxylation is 1. The Bertz CT molecular complexity index is 781. The number of hydrogen-bond acceptors (Lipinski definition) is 2. The highest BCUT2D eigenvalue weighted by Crippen LogP contribution is 2.57. The molecule has 0 heterocycles. The minimum atomic E-state index is -0.347. The lowest BCUT2D eigenvalue weighted by Gasteiger charge is -2.54. The van der Waals surface area contributed by atoms with E-state index < -0.39 is 0 Å². The van der Waals surface area contributed by atoms with Gasteiger partial charge in [0.25, 0.3) is 0 Å². The van der Waals surface area contributed by atoms with Gasteiger partial charge in [0.1, 0.15) is 0 Å². The van der Waals surface area contributed by atoms with Gasteiger partial charge in [0.2, 0.25) is 0 Å². The maximum Gasteiger partial charge on any atom is 0.312 e. The average molecular weight is 469 g/mol. The van der Waals surface area contributed by atoms with E-state index in [4.69, 9.17) is 4.74 Å². The zero-order valence-electron chi connectivity index (χ0n) is 23.0. The predicted octanol–water partition coefficient (Wildman–Crippen LogP) is 9.28. The van der Waals surface area contributed by atoms with Gasteiger partial charge in [-0.15, -0.1) is 0 Å². The topological polar surface area (TPSA) is 26.3 Å². The van der Waals surface area contributed by atoms with E-state index in [9.17, 15) is 4.79 Å². The molecule has 1 fully saturated rings. The van der Waals surface area contributed by atoms with Gasteiger partial charge in [0.15, 0.2) is 0 Å². The van der Waals surface area contributed by atoms with E-state index in [1.54, 1.807) is 0 Å². The van der Waals surface area contributed by atoms with Gasteiger partial charge in [0, 0.05) is 0 Å². The molecule has 1 saturated carbocycles. The van der Waals surface area contributed by atoms with E-state index in [-0.39, 0.29) is 16.8 Å². The third-order valence-electron chi connectivity index (χ3n) is 9.24. The number of benzene rings is 1. The van der Waals surface area contributed by atoms with E-state index >= 15 is 0 Å². The summed E-state index contributed by atoms with van der Waals surface area (Å²) in [7, 11) is 0. The van der Waals surface area contributed by atoms with Crippen LogP contribution < -0.4 is 0 Å². The second kappa shape index (κ2) is 12.6. The van der Waals surface area contributed by atoms with E-state index in [1.165, 1.54) is 80.9 Å². The van der Waals surface area contributed by atoms with Gasteiger partial charge >= 0.3 is 5.97 Å². The Labute approximate surface area is 210 Å². The molecule has 1 aromatic carbocycles. The van der Waals surface area contributed by atoms with Crippen molar-refractivity contribution in [2.45, 2.75) is 142 Å². The summed E-state index contributed by atoms with van der Waals surface area (Å²) in [5.41, 5.74) is 4.20. The summed E-state index contributed by atoms with van der Waals surface area (Å²) in [4.78, 5) is 13.4. The summed E-state index contributed by atoms with van der Waals surface area (Å²) in [6, 6.07) is 7.15. The van der Waals surface area contributed by atoms with E-state index in [0.29, 0.717) is 18.4 Å². The molecule has 3 rings (SSSR count). The lowest BCUT2D eigenvalue weighted by atomic mass is 9.49. The third kappa shape index (κ3) is 6.27. The molecule has 2 aliphatic carbocycles. The van der Waals surface area contributed by atoms with Crippen molar-refractivity contribution in [1.82, 2.24) is 0 Å². The normalized spacial score (nSPS) is 26.2. The minimum Gasteiger partial charge on any atom is -0.465 e. The number of ether oxygens (including phenoxy) is 1. The molecule has 0 aromatic heterocycles. The Hall–Kier alpha value is -1.31. The van der Waals surface area contributed by atoms with Crippen molar-refractivity contribution in [3.63, 3.8) is 0 Å². The maximum atomic E-state index is 13.4. The zero-order valence-corrected chi connectivity index (χ0v) is 23.0. The summed E-state index contributed by atoms with van der Waals surface area (Å²) < 4.78 is 5.95. The Morgan fingerprint density at radius 1 is 0.971 bits per heavy atom. The van der Waals surface area contributed by atoms with Crippen LogP contribution in [0.15, 0.2) is 18.2 Å². The number of hydrogen-bond donors (Lipinski definition) is 0. The summed E-state index contributed by atoms with van der Waals surface area (Å²) in [5.74, 6) is 1.01. The number of carbonyl (C=O) groups excluding carboxylic acids is 1. The standard InChI is InChI=1S/C32H52O2/c1-6-7-8-9-10-11-12-13-14-15-23-34-30(33)32(5)22-16-21-31(4)28-19-17-26(25(2)3)24-27(28)18-20-29(31)32/h17,19,24-25,29H,6-16,18,20-23H2,1-5H3/t29-,31-,32+/m1/s1. The fourth-order valence-corrected chi connectivity index (χ4v) is 7.03. The van der Waals surface area contributed by atoms with Crippen LogP contribution >= 0.6 is 0 Å². The lowest BCUT2D eigenvalue weighted by molar-refractivity contribution is -0.164. The van der Waals surface area contributed by atoms with Crippen LogP contribution in [0.1, 0.15) is 147 Å². The highest BCUT2D eigenvalue weighted by Gasteiger charge is 2.55. The summed E-state index contributed by atoms with van der Waals surface area (Å²) in [6.07, 6.45) is 18.5. The first-order chi connectivity index (χ1) is 16.3. The molecular weight excluding hydrogens is 416 g/mol. The fraction of sp³-hybridized carbons (Fsp3) is 0.781. The second-order valence-electron chi connectivity index (χ2n) is 12.2. The molecule has 3 atom stereocenters. The molecule has 0 amide bonds. The van der Waals surface area contributed by atoms with Crippen molar-refractivity contribution < 1.29 is 9.53 Å². The van der Waals surface area contributed by atoms with Crippen LogP contribution in [-0.2, 0) is 21.4 Å². The van der Waals surface area contributed by atoms with Crippen molar-refractivity contribution in [3.8, 4) is 0 Å². The minimum absolute atomic E-state index is 0.0709. The van der Waals surface area contributed by atoms with Crippen LogP contribution in [0.2, 0.25) is 0 Å². The first kappa shape index (κ1) is 27.3. The number of fused-ring (bicyclic) bond motifs is 3. The number of carbonyl (C=O) groups is 1. The molecule has 192 valence electrons. The van der Waals surface area contributed by atoms with Crippen molar-refractivity contribution in [3.05, 3.63) is 34.9 Å². The first-order valence-corrected chi connectivity index (χ1v) is 14.6. The Kier molecular flexibility index (Phi) is 10.1. The van der Waals surface area contributed by atoms with Gasteiger partial charge < -0.3 is 4.74 Å². The van der Waals surface area contributed by atoms with Gasteiger partial charge in [0.05, 0.1) is 12.0 Å². The van der Waals surface area contributed by atoms with E-state index in [2.05, 4.69) is 52.8 Å². The van der Waals surface area contributed by atoms with Crippen molar-refractivity contribution in [2.75, 3.05) is 6.61 Å². The van der Waals surface area contributed by atoms with Crippen molar-refractivity contribution in [2.24, 2.45) is 11.3 Å². The van der Waals surface area contributed by atoms with Crippen LogP contribution in [-0.4, -0.2) is 12.6 Å². The van der Waals surface area contributed by atoms with Crippen LogP contribution in [0.4, 0.5) is 0 Å². The smallest absolute Gasteiger partial charge is 0.312 e. The highest BCUT2D eigenvalue weighted by molar-refractivity contribution is 5.77. The third-order valence-corrected chi connectivity index (χ3v) is 9.24. The summed E-state index contributed by atoms with van der Waals surface area (Å²) in [5, 5.41) is 0. The molecule has 0 aliphatic heterocycles. The Morgan fingerprint density at radius 2 is 1.62 bits per heavy atom. The monoisotopic (exact) mass is 468 g/mol. The molecule has 2 aliphatic rings. The molecule has 0 N–H and O–H groups in total. The van der Waals surface area contributed by atoms with E-state index in [1.807, 2.05) is 0 Å². The molecule has 0 bridgehead atoms. The zero-order chi connectivity index (χ0) is 24.6. The molecular formula is C32H52O2. The summed E-state index contributed by atoms with van der Waals surface area (Å²) in [6.45, 7) is 12.1. The SMILES string of the molecule is CCCCCCCCCCCCOC(=O)[C@@]1(C)CCC[C@]2(C)c3ccc(C(C)C)cc3CC[C@@H]12. The molecule has 34 heavy (non-hydrogen) atoms. The molecule has 0 radical (unpaired) electrons. The van der Waals surface area contributed by atoms with Gasteiger partial charge in [-0.3, -0.25) is 4.79 Å². The van der Waals surface area contributed by atoms with Gasteiger partial charge in [-0.05, 0) is 73.0 Å². The van der Waals surface area contributed by atoms with Crippen molar-refractivity contribution in [1.29, 1.82) is 0 Å². The average Bonchev–Trinajstić information content (AvgIpc) is 2.82. The Balaban J connectivity index is 1.49. The molecule has 0 unspecified atom stereocenters. The van der Waals surface area contributed by atoms with E-state index in [0.717, 1.165) is 32.1 Å².